The molecule has 4 nitrogen and oxygen atoms in total. The number of anilines is 1. The maximum atomic E-state index is 11.2. The van der Waals surface area contributed by atoms with Gasteiger partial charge in [-0.2, -0.15) is 0 Å². The Hall–Kier alpha value is -2.49. The van der Waals surface area contributed by atoms with Crippen LogP contribution < -0.4 is 14.8 Å². The van der Waals surface area contributed by atoms with E-state index in [2.05, 4.69) is 5.32 Å². The second-order valence-corrected chi connectivity index (χ2v) is 4.66. The summed E-state index contributed by atoms with van der Waals surface area (Å²) in [5, 5.41) is 3.31. The van der Waals surface area contributed by atoms with Gasteiger partial charge in [0.05, 0.1) is 14.2 Å². The number of ketones is 1. The molecule has 21 heavy (non-hydrogen) atoms. The van der Waals surface area contributed by atoms with Crippen molar-refractivity contribution in [2.75, 3.05) is 19.5 Å². The van der Waals surface area contributed by atoms with Gasteiger partial charge in [-0.1, -0.05) is 0 Å². The molecular weight excluding hydrogens is 266 g/mol. The molecule has 0 amide bonds. The fraction of sp³-hybridized carbons (Fsp3) is 0.235. The van der Waals surface area contributed by atoms with Gasteiger partial charge in [0, 0.05) is 29.4 Å². The number of benzene rings is 2. The molecule has 2 aromatic rings. The van der Waals surface area contributed by atoms with Gasteiger partial charge >= 0.3 is 0 Å². The highest BCUT2D eigenvalue weighted by molar-refractivity contribution is 5.94. The summed E-state index contributed by atoms with van der Waals surface area (Å²) in [7, 11) is 3.27. The van der Waals surface area contributed by atoms with Crippen molar-refractivity contribution in [1.82, 2.24) is 0 Å². The molecule has 0 unspecified atom stereocenters. The van der Waals surface area contributed by atoms with E-state index in [0.29, 0.717) is 12.1 Å². The maximum Gasteiger partial charge on any atom is 0.159 e. The van der Waals surface area contributed by atoms with Crippen LogP contribution in [0.15, 0.2) is 42.5 Å². The molecular formula is C17H19NO3. The molecule has 0 fully saturated rings. The normalized spacial score (nSPS) is 10.0. The number of hydrogen-bond donors (Lipinski definition) is 1. The van der Waals surface area contributed by atoms with Gasteiger partial charge in [0.15, 0.2) is 5.78 Å². The Morgan fingerprint density at radius 2 is 1.76 bits per heavy atom. The van der Waals surface area contributed by atoms with Gasteiger partial charge in [-0.25, -0.2) is 0 Å². The molecule has 2 aromatic carbocycles. The van der Waals surface area contributed by atoms with Crippen LogP contribution in [0.1, 0.15) is 22.8 Å². The van der Waals surface area contributed by atoms with E-state index in [4.69, 9.17) is 9.47 Å². The molecule has 0 saturated heterocycles. The summed E-state index contributed by atoms with van der Waals surface area (Å²) < 4.78 is 10.5. The lowest BCUT2D eigenvalue weighted by molar-refractivity contribution is 0.101. The number of ether oxygens (including phenoxy) is 2. The topological polar surface area (TPSA) is 47.6 Å². The summed E-state index contributed by atoms with van der Waals surface area (Å²) in [6, 6.07) is 13.1. The van der Waals surface area contributed by atoms with Crippen LogP contribution in [0.25, 0.3) is 0 Å². The molecule has 0 aliphatic heterocycles. The second-order valence-electron chi connectivity index (χ2n) is 4.66. The molecule has 0 bridgehead atoms. The van der Waals surface area contributed by atoms with Crippen molar-refractivity contribution in [3.05, 3.63) is 53.6 Å². The standard InChI is InChI=1S/C17H19NO3/c1-12(19)13-4-7-15(8-5-13)18-11-14-6-9-16(20-2)10-17(14)21-3/h4-10,18H,11H2,1-3H3. The lowest BCUT2D eigenvalue weighted by Crippen LogP contribution is -2.02. The first-order valence-corrected chi connectivity index (χ1v) is 6.70. The summed E-state index contributed by atoms with van der Waals surface area (Å²) in [6.45, 7) is 2.19. The summed E-state index contributed by atoms with van der Waals surface area (Å²) in [5.41, 5.74) is 2.70. The van der Waals surface area contributed by atoms with Crippen molar-refractivity contribution in [2.24, 2.45) is 0 Å². The van der Waals surface area contributed by atoms with Gasteiger partial charge in [-0.15, -0.1) is 0 Å². The van der Waals surface area contributed by atoms with Crippen molar-refractivity contribution in [1.29, 1.82) is 0 Å². The van der Waals surface area contributed by atoms with Gasteiger partial charge in [0.2, 0.25) is 0 Å². The van der Waals surface area contributed by atoms with E-state index in [1.807, 2.05) is 42.5 Å². The quantitative estimate of drug-likeness (QED) is 0.825. The Balaban J connectivity index is 2.07. The van der Waals surface area contributed by atoms with E-state index >= 15 is 0 Å². The zero-order valence-corrected chi connectivity index (χ0v) is 12.5. The number of methoxy groups -OCH3 is 2. The van der Waals surface area contributed by atoms with E-state index in [1.165, 1.54) is 0 Å². The molecule has 0 aliphatic carbocycles. The number of rotatable bonds is 6. The highest BCUT2D eigenvalue weighted by atomic mass is 16.5. The molecule has 0 saturated carbocycles. The maximum absolute atomic E-state index is 11.2. The molecule has 0 radical (unpaired) electrons. The van der Waals surface area contributed by atoms with Crippen molar-refractivity contribution < 1.29 is 14.3 Å². The molecule has 0 aromatic heterocycles. The minimum absolute atomic E-state index is 0.0679. The van der Waals surface area contributed by atoms with Crippen LogP contribution in [0, 0.1) is 0 Å². The Bertz CT molecular complexity index is 620. The number of Topliss-reactive ketones (excluding diaryl/α,β-unsaturated/α-hetero) is 1. The first kappa shape index (κ1) is 14.9. The third-order valence-electron chi connectivity index (χ3n) is 3.27. The minimum atomic E-state index is 0.0679. The number of carbonyl (C=O) groups excluding carboxylic acids is 1. The molecule has 0 atom stereocenters. The van der Waals surface area contributed by atoms with Crippen LogP contribution in [0.3, 0.4) is 0 Å². The summed E-state index contributed by atoms with van der Waals surface area (Å²) in [6.07, 6.45) is 0. The van der Waals surface area contributed by atoms with E-state index in [1.54, 1.807) is 21.1 Å². The molecule has 1 N–H and O–H groups in total. The zero-order valence-electron chi connectivity index (χ0n) is 12.5. The van der Waals surface area contributed by atoms with Crippen LogP contribution in [-0.4, -0.2) is 20.0 Å². The Kier molecular flexibility index (Phi) is 4.82. The molecule has 0 spiro atoms. The Morgan fingerprint density at radius 1 is 1.05 bits per heavy atom. The van der Waals surface area contributed by atoms with Crippen LogP contribution in [0.2, 0.25) is 0 Å². The predicted octanol–water partition coefficient (Wildman–Crippen LogP) is 3.52. The highest BCUT2D eigenvalue weighted by Crippen LogP contribution is 2.25. The average molecular weight is 285 g/mol. The number of hydrogen-bond acceptors (Lipinski definition) is 4. The third-order valence-corrected chi connectivity index (χ3v) is 3.27. The van der Waals surface area contributed by atoms with Crippen LogP contribution >= 0.6 is 0 Å². The second kappa shape index (κ2) is 6.79. The predicted molar refractivity (Wildman–Crippen MR) is 83.3 cm³/mol. The van der Waals surface area contributed by atoms with Crippen LogP contribution in [-0.2, 0) is 6.54 Å². The largest absolute Gasteiger partial charge is 0.497 e. The lowest BCUT2D eigenvalue weighted by atomic mass is 10.1. The first-order chi connectivity index (χ1) is 10.1. The minimum Gasteiger partial charge on any atom is -0.497 e. The van der Waals surface area contributed by atoms with Crippen molar-refractivity contribution in [2.45, 2.75) is 13.5 Å². The number of nitrogens with one attached hydrogen (secondary N) is 1. The molecule has 0 heterocycles. The number of carbonyl (C=O) groups is 1. The SMILES string of the molecule is COc1ccc(CNc2ccc(C(C)=O)cc2)c(OC)c1. The van der Waals surface area contributed by atoms with E-state index in [9.17, 15) is 4.79 Å². The Labute approximate surface area is 124 Å². The molecule has 110 valence electrons. The summed E-state index contributed by atoms with van der Waals surface area (Å²) in [5.74, 6) is 1.61. The fourth-order valence-corrected chi connectivity index (χ4v) is 2.02. The zero-order chi connectivity index (χ0) is 15.2. The van der Waals surface area contributed by atoms with Crippen molar-refractivity contribution in [3.63, 3.8) is 0 Å². The lowest BCUT2D eigenvalue weighted by Gasteiger charge is -2.12. The smallest absolute Gasteiger partial charge is 0.159 e. The third kappa shape index (κ3) is 3.75. The first-order valence-electron chi connectivity index (χ1n) is 6.70. The monoisotopic (exact) mass is 285 g/mol. The summed E-state index contributed by atoms with van der Waals surface area (Å²) in [4.78, 5) is 11.2. The van der Waals surface area contributed by atoms with E-state index in [-0.39, 0.29) is 5.78 Å². The van der Waals surface area contributed by atoms with Crippen LogP contribution in [0.4, 0.5) is 5.69 Å². The summed E-state index contributed by atoms with van der Waals surface area (Å²) >= 11 is 0. The van der Waals surface area contributed by atoms with Crippen molar-refractivity contribution in [3.8, 4) is 11.5 Å². The van der Waals surface area contributed by atoms with Gasteiger partial charge < -0.3 is 14.8 Å². The molecule has 2 rings (SSSR count). The fourth-order valence-electron chi connectivity index (χ4n) is 2.02. The van der Waals surface area contributed by atoms with Gasteiger partial charge in [-0.3, -0.25) is 4.79 Å². The van der Waals surface area contributed by atoms with E-state index in [0.717, 1.165) is 22.7 Å². The molecule has 4 heteroatoms. The van der Waals surface area contributed by atoms with Gasteiger partial charge in [-0.05, 0) is 43.3 Å². The van der Waals surface area contributed by atoms with E-state index < -0.39 is 0 Å². The van der Waals surface area contributed by atoms with Crippen LogP contribution in [0.5, 0.6) is 11.5 Å². The highest BCUT2D eigenvalue weighted by Gasteiger charge is 2.05. The Morgan fingerprint density at radius 3 is 2.33 bits per heavy atom. The average Bonchev–Trinajstić information content (AvgIpc) is 2.53. The van der Waals surface area contributed by atoms with Gasteiger partial charge in [0.1, 0.15) is 11.5 Å². The molecule has 0 aliphatic rings. The van der Waals surface area contributed by atoms with Gasteiger partial charge in [0.25, 0.3) is 0 Å². The van der Waals surface area contributed by atoms with Crippen molar-refractivity contribution >= 4 is 11.5 Å².